The molecule has 0 saturated heterocycles. The second kappa shape index (κ2) is 8.60. The summed E-state index contributed by atoms with van der Waals surface area (Å²) in [6.07, 6.45) is 0. The molecule has 1 heterocycles. The van der Waals surface area contributed by atoms with Crippen molar-refractivity contribution in [1.29, 1.82) is 10.5 Å². The quantitative estimate of drug-likeness (QED) is 0.688. The molecule has 22 heavy (non-hydrogen) atoms. The molecule has 7 heteroatoms. The highest BCUT2D eigenvalue weighted by Gasteiger charge is 2.08. The summed E-state index contributed by atoms with van der Waals surface area (Å²) >= 11 is 0. The van der Waals surface area contributed by atoms with Crippen LogP contribution < -0.4 is 15.5 Å². The number of likely N-dealkylation sites (N-methyl/N-ethyl adjacent to an activating group) is 1. The van der Waals surface area contributed by atoms with Crippen molar-refractivity contribution in [2.45, 2.75) is 6.54 Å². The summed E-state index contributed by atoms with van der Waals surface area (Å²) < 4.78 is 5.75. The molecular formula is C15H22N6O. The lowest BCUT2D eigenvalue weighted by Crippen LogP contribution is -2.32. The first kappa shape index (κ1) is 17.4. The molecule has 0 aliphatic rings. The first-order valence-electron chi connectivity index (χ1n) is 6.92. The van der Waals surface area contributed by atoms with E-state index in [0.29, 0.717) is 18.9 Å². The van der Waals surface area contributed by atoms with Crippen molar-refractivity contribution in [3.63, 3.8) is 0 Å². The van der Waals surface area contributed by atoms with E-state index < -0.39 is 0 Å². The van der Waals surface area contributed by atoms with E-state index in [1.165, 1.54) is 0 Å². The molecule has 118 valence electrons. The number of nitrogens with one attached hydrogen (secondary N) is 2. The molecule has 0 aromatic carbocycles. The standard InChI is InChI=1S/C15H22N6O/c1-18-15(12(9-16)10-17)19-7-8-21(4)14-6-5-13(22-14)11-20(2)3/h5-6,18-19H,7-8,11H2,1-4H3. The Bertz CT molecular complexity index is 574. The Balaban J connectivity index is 2.55. The molecule has 0 spiro atoms. The first-order chi connectivity index (χ1) is 10.5. The second-order valence-electron chi connectivity index (χ2n) is 5.05. The van der Waals surface area contributed by atoms with E-state index in [9.17, 15) is 0 Å². The molecule has 0 aliphatic carbocycles. The van der Waals surface area contributed by atoms with Crippen LogP contribution in [0, 0.1) is 22.7 Å². The van der Waals surface area contributed by atoms with E-state index in [-0.39, 0.29) is 5.57 Å². The third kappa shape index (κ3) is 5.04. The van der Waals surface area contributed by atoms with Gasteiger partial charge in [-0.05, 0) is 20.2 Å². The van der Waals surface area contributed by atoms with E-state index in [4.69, 9.17) is 14.9 Å². The van der Waals surface area contributed by atoms with Crippen molar-refractivity contribution in [1.82, 2.24) is 15.5 Å². The van der Waals surface area contributed by atoms with Crippen molar-refractivity contribution in [2.24, 2.45) is 0 Å². The third-order valence-electron chi connectivity index (χ3n) is 2.97. The van der Waals surface area contributed by atoms with Crippen LogP contribution in [0.2, 0.25) is 0 Å². The van der Waals surface area contributed by atoms with Crippen LogP contribution in [0.25, 0.3) is 0 Å². The van der Waals surface area contributed by atoms with Gasteiger partial charge in [0.05, 0.1) is 6.54 Å². The van der Waals surface area contributed by atoms with Gasteiger partial charge in [0.25, 0.3) is 0 Å². The summed E-state index contributed by atoms with van der Waals surface area (Å²) in [6, 6.07) is 7.60. The van der Waals surface area contributed by atoms with E-state index in [0.717, 1.165) is 18.2 Å². The Kier molecular flexibility index (Phi) is 6.81. The maximum atomic E-state index is 8.85. The Morgan fingerprint density at radius 3 is 2.45 bits per heavy atom. The zero-order chi connectivity index (χ0) is 16.5. The van der Waals surface area contributed by atoms with E-state index >= 15 is 0 Å². The summed E-state index contributed by atoms with van der Waals surface area (Å²) in [5.74, 6) is 2.13. The fourth-order valence-electron chi connectivity index (χ4n) is 1.87. The largest absolute Gasteiger partial charge is 0.444 e. The minimum atomic E-state index is 0.0384. The van der Waals surface area contributed by atoms with Crippen molar-refractivity contribution in [3.8, 4) is 12.1 Å². The normalized spacial score (nSPS) is 9.77. The highest BCUT2D eigenvalue weighted by molar-refractivity contribution is 5.39. The molecule has 0 atom stereocenters. The lowest BCUT2D eigenvalue weighted by molar-refractivity contribution is 0.351. The van der Waals surface area contributed by atoms with Crippen LogP contribution in [0.3, 0.4) is 0 Å². The van der Waals surface area contributed by atoms with Gasteiger partial charge in [-0.25, -0.2) is 0 Å². The van der Waals surface area contributed by atoms with Gasteiger partial charge in [-0.1, -0.05) is 0 Å². The molecule has 0 unspecified atom stereocenters. The molecule has 0 aliphatic heterocycles. The maximum Gasteiger partial charge on any atom is 0.195 e. The Hall–Kier alpha value is -2.64. The molecule has 1 aromatic rings. The number of hydrogen-bond donors (Lipinski definition) is 2. The van der Waals surface area contributed by atoms with Gasteiger partial charge in [-0.15, -0.1) is 0 Å². The lowest BCUT2D eigenvalue weighted by Gasteiger charge is -2.18. The molecule has 1 aromatic heterocycles. The molecule has 0 amide bonds. The summed E-state index contributed by atoms with van der Waals surface area (Å²) in [5.41, 5.74) is 0.0384. The summed E-state index contributed by atoms with van der Waals surface area (Å²) in [7, 11) is 7.58. The summed E-state index contributed by atoms with van der Waals surface area (Å²) in [6.45, 7) is 2.00. The number of allylic oxidation sites excluding steroid dienone is 1. The minimum Gasteiger partial charge on any atom is -0.444 e. The summed E-state index contributed by atoms with van der Waals surface area (Å²) in [5, 5.41) is 23.6. The van der Waals surface area contributed by atoms with Crippen LogP contribution in [0.1, 0.15) is 5.76 Å². The van der Waals surface area contributed by atoms with Gasteiger partial charge in [0.15, 0.2) is 11.5 Å². The molecule has 0 fully saturated rings. The van der Waals surface area contributed by atoms with Crippen LogP contribution >= 0.6 is 0 Å². The van der Waals surface area contributed by atoms with Crippen molar-refractivity contribution in [3.05, 3.63) is 29.3 Å². The van der Waals surface area contributed by atoms with Crippen molar-refractivity contribution < 1.29 is 4.42 Å². The predicted octanol–water partition coefficient (Wildman–Crippen LogP) is 0.845. The average molecular weight is 302 g/mol. The molecular weight excluding hydrogens is 280 g/mol. The van der Waals surface area contributed by atoms with Crippen LogP contribution in [-0.2, 0) is 6.54 Å². The maximum absolute atomic E-state index is 8.85. The molecule has 0 bridgehead atoms. The predicted molar refractivity (Wildman–Crippen MR) is 84.7 cm³/mol. The number of rotatable bonds is 8. The van der Waals surface area contributed by atoms with Crippen molar-refractivity contribution in [2.75, 3.05) is 46.2 Å². The highest BCUT2D eigenvalue weighted by atomic mass is 16.4. The number of anilines is 1. The van der Waals surface area contributed by atoms with E-state index in [1.807, 2.05) is 55.2 Å². The van der Waals surface area contributed by atoms with Gasteiger partial charge < -0.3 is 24.9 Å². The topological polar surface area (TPSA) is 91.3 Å². The molecule has 0 saturated carbocycles. The molecule has 1 rings (SSSR count). The van der Waals surface area contributed by atoms with Gasteiger partial charge in [0, 0.05) is 33.3 Å². The first-order valence-corrected chi connectivity index (χ1v) is 6.92. The zero-order valence-corrected chi connectivity index (χ0v) is 13.5. The second-order valence-corrected chi connectivity index (χ2v) is 5.05. The average Bonchev–Trinajstić information content (AvgIpc) is 2.94. The number of nitriles is 2. The minimum absolute atomic E-state index is 0.0384. The van der Waals surface area contributed by atoms with Gasteiger partial charge in [0.1, 0.15) is 23.7 Å². The fourth-order valence-corrected chi connectivity index (χ4v) is 1.87. The number of furan rings is 1. The van der Waals surface area contributed by atoms with Gasteiger partial charge in [-0.3, -0.25) is 0 Å². The Morgan fingerprint density at radius 2 is 1.91 bits per heavy atom. The zero-order valence-electron chi connectivity index (χ0n) is 13.5. The van der Waals surface area contributed by atoms with Crippen LogP contribution in [0.15, 0.2) is 27.9 Å². The molecule has 0 radical (unpaired) electrons. The molecule has 2 N–H and O–H groups in total. The van der Waals surface area contributed by atoms with Crippen LogP contribution in [-0.4, -0.2) is 46.2 Å². The van der Waals surface area contributed by atoms with E-state index in [2.05, 4.69) is 10.6 Å². The number of nitrogens with zero attached hydrogens (tertiary/aromatic N) is 4. The van der Waals surface area contributed by atoms with Crippen LogP contribution in [0.5, 0.6) is 0 Å². The smallest absolute Gasteiger partial charge is 0.195 e. The van der Waals surface area contributed by atoms with Crippen LogP contribution in [0.4, 0.5) is 5.88 Å². The summed E-state index contributed by atoms with van der Waals surface area (Å²) in [4.78, 5) is 4.01. The molecule has 7 nitrogen and oxygen atoms in total. The monoisotopic (exact) mass is 302 g/mol. The third-order valence-corrected chi connectivity index (χ3v) is 2.97. The Labute approximate surface area is 131 Å². The van der Waals surface area contributed by atoms with E-state index in [1.54, 1.807) is 7.05 Å². The SMILES string of the molecule is CNC(NCCN(C)c1ccc(CN(C)C)o1)=C(C#N)C#N. The lowest BCUT2D eigenvalue weighted by atomic mass is 10.3. The Morgan fingerprint density at radius 1 is 1.23 bits per heavy atom. The van der Waals surface area contributed by atoms with Crippen molar-refractivity contribution >= 4 is 5.88 Å². The van der Waals surface area contributed by atoms with Gasteiger partial charge >= 0.3 is 0 Å². The van der Waals surface area contributed by atoms with Gasteiger partial charge in [-0.2, -0.15) is 10.5 Å². The fraction of sp³-hybridized carbons (Fsp3) is 0.467. The highest BCUT2D eigenvalue weighted by Crippen LogP contribution is 2.17. The number of hydrogen-bond acceptors (Lipinski definition) is 7. The van der Waals surface area contributed by atoms with Gasteiger partial charge in [0.2, 0.25) is 0 Å².